The fourth-order valence-corrected chi connectivity index (χ4v) is 2.88. The van der Waals surface area contributed by atoms with Crippen LogP contribution in [0.15, 0.2) is 0 Å². The van der Waals surface area contributed by atoms with Crippen molar-refractivity contribution in [3.8, 4) is 0 Å². The van der Waals surface area contributed by atoms with Gasteiger partial charge in [0.25, 0.3) is 0 Å². The zero-order valence-corrected chi connectivity index (χ0v) is 16.5. The summed E-state index contributed by atoms with van der Waals surface area (Å²) in [5, 5.41) is 2.96. The van der Waals surface area contributed by atoms with Crippen molar-refractivity contribution in [2.24, 2.45) is 28.0 Å². The molecule has 24 heavy (non-hydrogen) atoms. The lowest BCUT2D eigenvalue weighted by molar-refractivity contribution is -0.138. The summed E-state index contributed by atoms with van der Waals surface area (Å²) in [5.74, 6) is 10.1. The van der Waals surface area contributed by atoms with E-state index in [2.05, 4.69) is 49.6 Å². The summed E-state index contributed by atoms with van der Waals surface area (Å²) in [6.07, 6.45) is 5.67. The Morgan fingerprint density at radius 2 is 1.46 bits per heavy atom. The third-order valence-corrected chi connectivity index (χ3v) is 5.44. The normalized spacial score (nSPS) is 15.2. The van der Waals surface area contributed by atoms with Crippen LogP contribution < -0.4 is 17.1 Å². The van der Waals surface area contributed by atoms with E-state index in [9.17, 15) is 4.79 Å². The van der Waals surface area contributed by atoms with Crippen LogP contribution in [0.5, 0.6) is 0 Å². The van der Waals surface area contributed by atoms with Crippen molar-refractivity contribution >= 4 is 5.91 Å². The predicted octanol–water partition coefficient (Wildman–Crippen LogP) is 2.91. The van der Waals surface area contributed by atoms with Crippen molar-refractivity contribution in [1.82, 2.24) is 5.32 Å². The molecule has 144 valence electrons. The zero-order chi connectivity index (χ0) is 18.9. The van der Waals surface area contributed by atoms with Crippen LogP contribution in [-0.4, -0.2) is 25.7 Å². The molecule has 0 saturated heterocycles. The van der Waals surface area contributed by atoms with Crippen molar-refractivity contribution in [1.29, 1.82) is 0 Å². The SMILES string of the molecule is CCCCC(C)(CCCNC(=O)C(C)(CON)CON)C(C)(C)C. The van der Waals surface area contributed by atoms with Gasteiger partial charge >= 0.3 is 0 Å². The number of carbonyl (C=O) groups excluding carboxylic acids is 1. The summed E-state index contributed by atoms with van der Waals surface area (Å²) in [7, 11) is 0. The van der Waals surface area contributed by atoms with E-state index < -0.39 is 5.41 Å². The quantitative estimate of drug-likeness (QED) is 0.373. The van der Waals surface area contributed by atoms with Gasteiger partial charge in [-0.1, -0.05) is 47.5 Å². The number of nitrogens with one attached hydrogen (secondary N) is 1. The monoisotopic (exact) mass is 345 g/mol. The summed E-state index contributed by atoms with van der Waals surface area (Å²) < 4.78 is 0. The molecule has 5 N–H and O–H groups in total. The van der Waals surface area contributed by atoms with E-state index in [4.69, 9.17) is 11.8 Å². The summed E-state index contributed by atoms with van der Waals surface area (Å²) in [6.45, 7) is 14.0. The molecule has 0 saturated carbocycles. The van der Waals surface area contributed by atoms with Crippen molar-refractivity contribution in [3.63, 3.8) is 0 Å². The number of amides is 1. The van der Waals surface area contributed by atoms with Gasteiger partial charge in [-0.15, -0.1) is 0 Å². The summed E-state index contributed by atoms with van der Waals surface area (Å²) in [4.78, 5) is 21.6. The van der Waals surface area contributed by atoms with Gasteiger partial charge in [0.15, 0.2) is 0 Å². The Bertz CT molecular complexity index is 363. The van der Waals surface area contributed by atoms with E-state index >= 15 is 0 Å². The number of carbonyl (C=O) groups is 1. The van der Waals surface area contributed by atoms with E-state index in [-0.39, 0.29) is 30.0 Å². The van der Waals surface area contributed by atoms with Crippen LogP contribution in [0.1, 0.15) is 73.6 Å². The second kappa shape index (κ2) is 10.3. The van der Waals surface area contributed by atoms with Gasteiger partial charge in [-0.25, -0.2) is 11.8 Å². The highest BCUT2D eigenvalue weighted by Crippen LogP contribution is 2.46. The number of rotatable bonds is 12. The molecule has 0 heterocycles. The third-order valence-electron chi connectivity index (χ3n) is 5.44. The van der Waals surface area contributed by atoms with Gasteiger partial charge in [0.05, 0.1) is 18.6 Å². The summed E-state index contributed by atoms with van der Waals surface area (Å²) in [5.41, 5.74) is -0.377. The first-order valence-electron chi connectivity index (χ1n) is 8.98. The molecule has 0 aliphatic rings. The number of hydrogen-bond acceptors (Lipinski definition) is 5. The number of nitrogens with two attached hydrogens (primary N) is 2. The Morgan fingerprint density at radius 1 is 0.958 bits per heavy atom. The highest BCUT2D eigenvalue weighted by atomic mass is 16.6. The minimum atomic E-state index is -0.876. The lowest BCUT2D eigenvalue weighted by Crippen LogP contribution is -2.46. The van der Waals surface area contributed by atoms with Crippen LogP contribution in [0, 0.1) is 16.2 Å². The average molecular weight is 346 g/mol. The molecule has 0 spiro atoms. The Kier molecular flexibility index (Phi) is 10.0. The van der Waals surface area contributed by atoms with Gasteiger partial charge in [-0.3, -0.25) is 4.79 Å². The molecule has 0 aromatic heterocycles. The maximum atomic E-state index is 12.4. The van der Waals surface area contributed by atoms with Crippen LogP contribution in [0.3, 0.4) is 0 Å². The molecule has 0 rings (SSSR count). The zero-order valence-electron chi connectivity index (χ0n) is 16.5. The molecule has 0 fully saturated rings. The second-order valence-corrected chi connectivity index (χ2v) is 8.46. The van der Waals surface area contributed by atoms with Crippen LogP contribution in [0.2, 0.25) is 0 Å². The molecule has 0 bridgehead atoms. The van der Waals surface area contributed by atoms with Crippen LogP contribution in [-0.2, 0) is 14.5 Å². The van der Waals surface area contributed by atoms with Crippen molar-refractivity contribution in [2.45, 2.75) is 73.6 Å². The molecule has 0 aromatic rings. The Hall–Kier alpha value is -0.690. The molecule has 6 heteroatoms. The molecule has 0 aliphatic carbocycles. The molecular weight excluding hydrogens is 306 g/mol. The summed E-state index contributed by atoms with van der Waals surface area (Å²) >= 11 is 0. The molecule has 6 nitrogen and oxygen atoms in total. The molecule has 1 atom stereocenters. The molecule has 0 radical (unpaired) electrons. The van der Waals surface area contributed by atoms with Crippen molar-refractivity contribution in [2.75, 3.05) is 19.8 Å². The molecular formula is C18H39N3O3. The first kappa shape index (κ1) is 23.3. The first-order valence-corrected chi connectivity index (χ1v) is 8.98. The van der Waals surface area contributed by atoms with E-state index in [0.29, 0.717) is 6.54 Å². The average Bonchev–Trinajstić information content (AvgIpc) is 2.48. The van der Waals surface area contributed by atoms with E-state index in [0.717, 1.165) is 12.8 Å². The third kappa shape index (κ3) is 7.05. The predicted molar refractivity (Wildman–Crippen MR) is 97.7 cm³/mol. The van der Waals surface area contributed by atoms with E-state index in [1.807, 2.05) is 0 Å². The van der Waals surface area contributed by atoms with Gasteiger partial charge in [0.1, 0.15) is 0 Å². The van der Waals surface area contributed by atoms with Gasteiger partial charge in [0.2, 0.25) is 5.91 Å². The Labute approximate surface area is 147 Å². The fourth-order valence-electron chi connectivity index (χ4n) is 2.88. The van der Waals surface area contributed by atoms with Crippen molar-refractivity contribution in [3.05, 3.63) is 0 Å². The van der Waals surface area contributed by atoms with E-state index in [1.54, 1.807) is 6.92 Å². The first-order chi connectivity index (χ1) is 11.1. The van der Waals surface area contributed by atoms with Gasteiger partial charge in [-0.2, -0.15) is 0 Å². The smallest absolute Gasteiger partial charge is 0.230 e. The minimum Gasteiger partial charge on any atom is -0.355 e. The number of unbranched alkanes of at least 4 members (excludes halogenated alkanes) is 1. The lowest BCUT2D eigenvalue weighted by Gasteiger charge is -2.43. The molecule has 0 aliphatic heterocycles. The van der Waals surface area contributed by atoms with Crippen LogP contribution >= 0.6 is 0 Å². The highest BCUT2D eigenvalue weighted by Gasteiger charge is 2.37. The van der Waals surface area contributed by atoms with Gasteiger partial charge in [-0.05, 0) is 37.0 Å². The lowest BCUT2D eigenvalue weighted by atomic mass is 9.63. The van der Waals surface area contributed by atoms with Crippen molar-refractivity contribution < 1.29 is 14.5 Å². The maximum Gasteiger partial charge on any atom is 0.230 e. The topological polar surface area (TPSA) is 99.6 Å². The standard InChI is InChI=1S/C18H39N3O3/c1-7-8-10-18(6,16(2,3)4)11-9-12-21-15(22)17(5,13-23-19)14-24-20/h7-14,19-20H2,1-6H3,(H,21,22). The van der Waals surface area contributed by atoms with E-state index in [1.165, 1.54) is 19.3 Å². The fraction of sp³-hybridized carbons (Fsp3) is 0.944. The van der Waals surface area contributed by atoms with Gasteiger partial charge < -0.3 is 15.0 Å². The summed E-state index contributed by atoms with van der Waals surface area (Å²) in [6, 6.07) is 0. The maximum absolute atomic E-state index is 12.4. The number of hydrogen-bond donors (Lipinski definition) is 3. The molecule has 0 aromatic carbocycles. The largest absolute Gasteiger partial charge is 0.355 e. The Balaban J connectivity index is 4.54. The highest BCUT2D eigenvalue weighted by molar-refractivity contribution is 5.82. The molecule has 1 unspecified atom stereocenters. The molecule has 1 amide bonds. The van der Waals surface area contributed by atoms with Crippen LogP contribution in [0.4, 0.5) is 0 Å². The van der Waals surface area contributed by atoms with Crippen LogP contribution in [0.25, 0.3) is 0 Å². The Morgan fingerprint density at radius 3 is 1.88 bits per heavy atom. The van der Waals surface area contributed by atoms with Gasteiger partial charge in [0, 0.05) is 6.54 Å². The minimum absolute atomic E-state index is 0.0617. The second-order valence-electron chi connectivity index (χ2n) is 8.46.